The van der Waals surface area contributed by atoms with Crippen molar-refractivity contribution in [3.8, 4) is 0 Å². The van der Waals surface area contributed by atoms with Crippen LogP contribution in [-0.2, 0) is 9.59 Å². The highest BCUT2D eigenvalue weighted by atomic mass is 16.2. The molecular weight excluding hydrogens is 378 g/mol. The van der Waals surface area contributed by atoms with Crippen molar-refractivity contribution in [3.05, 3.63) is 35.4 Å². The average Bonchev–Trinajstić information content (AvgIpc) is 3.23. The second-order valence-corrected chi connectivity index (χ2v) is 9.27. The Labute approximate surface area is 178 Å². The molecule has 3 amide bonds. The summed E-state index contributed by atoms with van der Waals surface area (Å²) < 4.78 is 0. The van der Waals surface area contributed by atoms with E-state index in [2.05, 4.69) is 18.7 Å². The van der Waals surface area contributed by atoms with Crippen molar-refractivity contribution in [1.29, 1.82) is 0 Å². The van der Waals surface area contributed by atoms with Gasteiger partial charge in [-0.05, 0) is 50.7 Å². The minimum Gasteiger partial charge on any atom is -0.369 e. The molecule has 2 fully saturated rings. The standard InChI is InChI=1S/C24H33N3O3/c1-3-16(2)27-22(29)19-9-5-4-8-18(19)20(24(27)12-6-7-13-24)23(30)26-14-10-17(11-15-26)21(25)28/h4-5,8-9,16-17,20H,3,6-7,10-15H2,1-2H3,(H2,25,28)/t16-,20-/m1/s1. The van der Waals surface area contributed by atoms with Crippen molar-refractivity contribution in [3.63, 3.8) is 0 Å². The lowest BCUT2D eigenvalue weighted by Crippen LogP contribution is -2.63. The molecule has 2 N–H and O–H groups in total. The summed E-state index contributed by atoms with van der Waals surface area (Å²) >= 11 is 0. The fraction of sp³-hybridized carbons (Fsp3) is 0.625. The first kappa shape index (κ1) is 20.9. The zero-order valence-electron chi connectivity index (χ0n) is 18.1. The summed E-state index contributed by atoms with van der Waals surface area (Å²) in [5, 5.41) is 0. The van der Waals surface area contributed by atoms with Gasteiger partial charge in [0.05, 0.1) is 11.5 Å². The Hall–Kier alpha value is -2.37. The summed E-state index contributed by atoms with van der Waals surface area (Å²) in [7, 11) is 0. The highest BCUT2D eigenvalue weighted by molar-refractivity contribution is 6.02. The van der Waals surface area contributed by atoms with Crippen LogP contribution in [0.15, 0.2) is 24.3 Å². The summed E-state index contributed by atoms with van der Waals surface area (Å²) in [6, 6.07) is 7.75. The van der Waals surface area contributed by atoms with E-state index in [1.807, 2.05) is 29.2 Å². The lowest BCUT2D eigenvalue weighted by atomic mass is 9.70. The van der Waals surface area contributed by atoms with Gasteiger partial charge in [0.25, 0.3) is 5.91 Å². The van der Waals surface area contributed by atoms with Crippen LogP contribution in [-0.4, -0.2) is 52.2 Å². The number of carbonyl (C=O) groups is 3. The van der Waals surface area contributed by atoms with Crippen molar-refractivity contribution in [2.75, 3.05) is 13.1 Å². The molecular formula is C24H33N3O3. The number of benzene rings is 1. The highest BCUT2D eigenvalue weighted by Crippen LogP contribution is 2.52. The van der Waals surface area contributed by atoms with E-state index >= 15 is 0 Å². The van der Waals surface area contributed by atoms with Crippen LogP contribution >= 0.6 is 0 Å². The molecule has 0 aromatic heterocycles. The number of amides is 3. The maximum atomic E-state index is 14.0. The van der Waals surface area contributed by atoms with E-state index in [-0.39, 0.29) is 35.6 Å². The van der Waals surface area contributed by atoms with E-state index in [1.165, 1.54) is 0 Å². The number of fused-ring (bicyclic) bond motifs is 1. The Kier molecular flexibility index (Phi) is 5.60. The fourth-order valence-electron chi connectivity index (χ4n) is 5.97. The van der Waals surface area contributed by atoms with Gasteiger partial charge in [-0.3, -0.25) is 14.4 Å². The molecule has 2 atom stereocenters. The third-order valence-corrected chi connectivity index (χ3v) is 7.70. The van der Waals surface area contributed by atoms with Crippen molar-refractivity contribution in [2.24, 2.45) is 11.7 Å². The molecule has 2 heterocycles. The molecule has 1 saturated heterocycles. The van der Waals surface area contributed by atoms with E-state index in [4.69, 9.17) is 5.73 Å². The van der Waals surface area contributed by atoms with Gasteiger partial charge < -0.3 is 15.5 Å². The maximum absolute atomic E-state index is 14.0. The molecule has 6 nitrogen and oxygen atoms in total. The molecule has 0 unspecified atom stereocenters. The van der Waals surface area contributed by atoms with Crippen LogP contribution in [0.1, 0.15) is 80.6 Å². The van der Waals surface area contributed by atoms with Crippen LogP contribution < -0.4 is 5.73 Å². The lowest BCUT2D eigenvalue weighted by Gasteiger charge is -2.53. The van der Waals surface area contributed by atoms with Gasteiger partial charge in [0.15, 0.2) is 0 Å². The number of piperidine rings is 1. The van der Waals surface area contributed by atoms with Crippen LogP contribution in [0, 0.1) is 5.92 Å². The minimum absolute atomic E-state index is 0.0679. The van der Waals surface area contributed by atoms with Crippen LogP contribution in [0.5, 0.6) is 0 Å². The van der Waals surface area contributed by atoms with Crippen molar-refractivity contribution >= 4 is 17.7 Å². The first-order chi connectivity index (χ1) is 14.4. The van der Waals surface area contributed by atoms with Gasteiger partial charge in [0.2, 0.25) is 11.8 Å². The quantitative estimate of drug-likeness (QED) is 0.826. The summed E-state index contributed by atoms with van der Waals surface area (Å²) in [4.78, 5) is 43.1. The molecule has 0 radical (unpaired) electrons. The predicted octanol–water partition coefficient (Wildman–Crippen LogP) is 3.06. The number of nitrogens with zero attached hydrogens (tertiary/aromatic N) is 2. The first-order valence-corrected chi connectivity index (χ1v) is 11.4. The summed E-state index contributed by atoms with van der Waals surface area (Å²) in [6.45, 7) is 5.31. The molecule has 3 aliphatic rings. The van der Waals surface area contributed by atoms with Gasteiger partial charge in [-0.15, -0.1) is 0 Å². The minimum atomic E-state index is -0.446. The summed E-state index contributed by atoms with van der Waals surface area (Å²) in [5.74, 6) is -0.586. The zero-order valence-corrected chi connectivity index (χ0v) is 18.1. The number of nitrogens with two attached hydrogens (primary N) is 1. The number of primary amides is 1. The van der Waals surface area contributed by atoms with Gasteiger partial charge in [-0.1, -0.05) is 38.0 Å². The van der Waals surface area contributed by atoms with Crippen LogP contribution in [0.25, 0.3) is 0 Å². The molecule has 1 aromatic carbocycles. The lowest BCUT2D eigenvalue weighted by molar-refractivity contribution is -0.140. The first-order valence-electron chi connectivity index (χ1n) is 11.4. The largest absolute Gasteiger partial charge is 0.369 e. The van der Waals surface area contributed by atoms with Crippen molar-refractivity contribution in [1.82, 2.24) is 9.80 Å². The summed E-state index contributed by atoms with van der Waals surface area (Å²) in [6.07, 6.45) is 5.91. The van der Waals surface area contributed by atoms with Gasteiger partial charge in [0.1, 0.15) is 0 Å². The molecule has 1 spiro atoms. The molecule has 1 aromatic rings. The second-order valence-electron chi connectivity index (χ2n) is 9.27. The number of hydrogen-bond acceptors (Lipinski definition) is 3. The molecule has 2 aliphatic heterocycles. The van der Waals surface area contributed by atoms with Crippen molar-refractivity contribution in [2.45, 2.75) is 76.3 Å². The second kappa shape index (κ2) is 8.05. The van der Waals surface area contributed by atoms with Gasteiger partial charge in [-0.2, -0.15) is 0 Å². The Morgan fingerprint density at radius 2 is 1.80 bits per heavy atom. The molecule has 1 saturated carbocycles. The Morgan fingerprint density at radius 1 is 1.17 bits per heavy atom. The van der Waals surface area contributed by atoms with Crippen LogP contribution in [0.4, 0.5) is 0 Å². The number of carbonyl (C=O) groups excluding carboxylic acids is 3. The SMILES string of the molecule is CC[C@@H](C)N1C(=O)c2ccccc2[C@H](C(=O)N2CCC(C(N)=O)CC2)C12CCCC2. The van der Waals surface area contributed by atoms with E-state index < -0.39 is 5.54 Å². The number of rotatable bonds is 4. The molecule has 0 bridgehead atoms. The van der Waals surface area contributed by atoms with E-state index in [9.17, 15) is 14.4 Å². The van der Waals surface area contributed by atoms with Gasteiger partial charge in [0, 0.05) is 30.6 Å². The summed E-state index contributed by atoms with van der Waals surface area (Å²) in [5.41, 5.74) is 6.59. The third-order valence-electron chi connectivity index (χ3n) is 7.70. The highest BCUT2D eigenvalue weighted by Gasteiger charge is 2.57. The molecule has 30 heavy (non-hydrogen) atoms. The average molecular weight is 412 g/mol. The Bertz CT molecular complexity index is 838. The molecule has 162 valence electrons. The zero-order chi connectivity index (χ0) is 21.5. The fourth-order valence-corrected chi connectivity index (χ4v) is 5.97. The normalized spacial score (nSPS) is 24.7. The van der Waals surface area contributed by atoms with E-state index in [0.717, 1.165) is 37.7 Å². The molecule has 4 rings (SSSR count). The topological polar surface area (TPSA) is 83.7 Å². The predicted molar refractivity (Wildman–Crippen MR) is 115 cm³/mol. The van der Waals surface area contributed by atoms with E-state index in [1.54, 1.807) is 0 Å². The number of likely N-dealkylation sites (tertiary alicyclic amines) is 1. The van der Waals surface area contributed by atoms with Crippen LogP contribution in [0.2, 0.25) is 0 Å². The molecule has 6 heteroatoms. The van der Waals surface area contributed by atoms with Crippen molar-refractivity contribution < 1.29 is 14.4 Å². The Morgan fingerprint density at radius 3 is 2.40 bits per heavy atom. The van der Waals surface area contributed by atoms with Gasteiger partial charge >= 0.3 is 0 Å². The monoisotopic (exact) mass is 411 g/mol. The Balaban J connectivity index is 1.76. The smallest absolute Gasteiger partial charge is 0.254 e. The van der Waals surface area contributed by atoms with E-state index in [0.29, 0.717) is 31.5 Å². The van der Waals surface area contributed by atoms with Gasteiger partial charge in [-0.25, -0.2) is 0 Å². The maximum Gasteiger partial charge on any atom is 0.254 e. The van der Waals surface area contributed by atoms with Crippen LogP contribution in [0.3, 0.4) is 0 Å². The molecule has 1 aliphatic carbocycles. The number of hydrogen-bond donors (Lipinski definition) is 1. The third kappa shape index (κ3) is 3.21.